The lowest BCUT2D eigenvalue weighted by atomic mass is 10.1. The highest BCUT2D eigenvalue weighted by Gasteiger charge is 2.09. The molecule has 5 heteroatoms. The number of imidazole rings is 1. The van der Waals surface area contributed by atoms with Crippen LogP contribution in [0.2, 0.25) is 0 Å². The van der Waals surface area contributed by atoms with Crippen LogP contribution in [0, 0.1) is 6.92 Å². The first-order valence-electron chi connectivity index (χ1n) is 7.75. The minimum Gasteiger partial charge on any atom is -0.395 e. The van der Waals surface area contributed by atoms with Gasteiger partial charge in [0, 0.05) is 25.5 Å². The number of aliphatic hydroxyl groups excluding tert-OH is 1. The summed E-state index contributed by atoms with van der Waals surface area (Å²) in [5.41, 5.74) is 5.36. The molecule has 0 saturated carbocycles. The summed E-state index contributed by atoms with van der Waals surface area (Å²) in [6.45, 7) is 3.75. The van der Waals surface area contributed by atoms with E-state index in [2.05, 4.69) is 41.1 Å². The first-order chi connectivity index (χ1) is 11.1. The lowest BCUT2D eigenvalue weighted by molar-refractivity contribution is 0.217. The highest BCUT2D eigenvalue weighted by Crippen LogP contribution is 2.25. The predicted molar refractivity (Wildman–Crippen MR) is 92.1 cm³/mol. The molecule has 120 valence electrons. The van der Waals surface area contributed by atoms with Gasteiger partial charge < -0.3 is 9.67 Å². The Morgan fingerprint density at radius 3 is 2.78 bits per heavy atom. The van der Waals surface area contributed by atoms with Crippen LogP contribution in [0.4, 0.5) is 0 Å². The number of hydrogen-bond acceptors (Lipinski definition) is 4. The van der Waals surface area contributed by atoms with Crippen molar-refractivity contribution in [1.29, 1.82) is 0 Å². The summed E-state index contributed by atoms with van der Waals surface area (Å²) in [4.78, 5) is 11.1. The second kappa shape index (κ2) is 6.48. The van der Waals surface area contributed by atoms with Gasteiger partial charge in [0.05, 0.1) is 36.0 Å². The zero-order valence-corrected chi connectivity index (χ0v) is 13.8. The molecule has 0 radical (unpaired) electrons. The molecule has 1 aromatic carbocycles. The van der Waals surface area contributed by atoms with Gasteiger partial charge in [-0.2, -0.15) is 0 Å². The minimum absolute atomic E-state index is 0.173. The molecule has 0 bridgehead atoms. The largest absolute Gasteiger partial charge is 0.395 e. The van der Waals surface area contributed by atoms with Crippen molar-refractivity contribution in [3.63, 3.8) is 0 Å². The van der Waals surface area contributed by atoms with Crippen LogP contribution in [0.25, 0.3) is 22.3 Å². The maximum atomic E-state index is 9.03. The van der Waals surface area contributed by atoms with Crippen molar-refractivity contribution >= 4 is 10.9 Å². The molecule has 0 aliphatic carbocycles. The van der Waals surface area contributed by atoms with Gasteiger partial charge in [0.25, 0.3) is 0 Å². The van der Waals surface area contributed by atoms with Crippen molar-refractivity contribution < 1.29 is 5.11 Å². The number of nitrogens with zero attached hydrogens (tertiary/aromatic N) is 4. The Bertz CT molecular complexity index is 825. The van der Waals surface area contributed by atoms with Crippen molar-refractivity contribution in [2.75, 3.05) is 20.2 Å². The van der Waals surface area contributed by atoms with E-state index in [9.17, 15) is 0 Å². The van der Waals surface area contributed by atoms with Crippen LogP contribution in [0.5, 0.6) is 0 Å². The fourth-order valence-corrected chi connectivity index (χ4v) is 2.84. The lowest BCUT2D eigenvalue weighted by Crippen LogP contribution is -2.21. The van der Waals surface area contributed by atoms with Gasteiger partial charge in [0.15, 0.2) is 0 Å². The van der Waals surface area contributed by atoms with Crippen LogP contribution in [-0.2, 0) is 13.6 Å². The molecule has 0 amide bonds. The summed E-state index contributed by atoms with van der Waals surface area (Å²) >= 11 is 0. The van der Waals surface area contributed by atoms with Crippen molar-refractivity contribution in [3.8, 4) is 11.4 Å². The molecule has 0 aliphatic rings. The molecule has 3 rings (SSSR count). The molecule has 0 saturated heterocycles. The van der Waals surface area contributed by atoms with Gasteiger partial charge in [-0.15, -0.1) is 0 Å². The molecule has 0 atom stereocenters. The predicted octanol–water partition coefficient (Wildman–Crippen LogP) is 2.37. The number of likely N-dealkylation sites (N-methyl/N-ethyl adjacent to an activating group) is 1. The number of hydrogen-bond donors (Lipinski definition) is 1. The van der Waals surface area contributed by atoms with Crippen LogP contribution >= 0.6 is 0 Å². The monoisotopic (exact) mass is 310 g/mol. The minimum atomic E-state index is 0.173. The number of aliphatic hydroxyl groups is 1. The summed E-state index contributed by atoms with van der Waals surface area (Å²) in [5.74, 6) is 0. The SMILES string of the molecule is Cc1cc(-c2cncn2C)nc2cc(CN(C)CCO)ccc12. The summed E-state index contributed by atoms with van der Waals surface area (Å²) in [6, 6.07) is 8.51. The van der Waals surface area contributed by atoms with E-state index in [1.807, 2.05) is 24.9 Å². The standard InChI is InChI=1S/C18H22N4O/c1-13-8-17(18-10-19-12-22(18)3)20-16-9-14(4-5-15(13)16)11-21(2)6-7-23/h4-5,8-10,12,23H,6-7,11H2,1-3H3. The fraction of sp³-hybridized carbons (Fsp3) is 0.333. The van der Waals surface area contributed by atoms with E-state index < -0.39 is 0 Å². The van der Waals surface area contributed by atoms with Gasteiger partial charge >= 0.3 is 0 Å². The van der Waals surface area contributed by atoms with E-state index >= 15 is 0 Å². The Labute approximate surface area is 136 Å². The number of aryl methyl sites for hydroxylation is 2. The van der Waals surface area contributed by atoms with Crippen LogP contribution in [0.15, 0.2) is 36.8 Å². The average molecular weight is 310 g/mol. The van der Waals surface area contributed by atoms with Crippen LogP contribution in [-0.4, -0.2) is 44.7 Å². The van der Waals surface area contributed by atoms with Gasteiger partial charge in [-0.1, -0.05) is 12.1 Å². The molecule has 0 fully saturated rings. The van der Waals surface area contributed by atoms with Gasteiger partial charge in [-0.3, -0.25) is 4.90 Å². The van der Waals surface area contributed by atoms with Crippen LogP contribution in [0.3, 0.4) is 0 Å². The van der Waals surface area contributed by atoms with E-state index in [1.165, 1.54) is 16.5 Å². The first kappa shape index (κ1) is 15.6. The number of rotatable bonds is 5. The normalized spacial score (nSPS) is 11.5. The second-order valence-corrected chi connectivity index (χ2v) is 6.03. The van der Waals surface area contributed by atoms with Gasteiger partial charge in [0.2, 0.25) is 0 Å². The average Bonchev–Trinajstić information content (AvgIpc) is 2.93. The molecular weight excluding hydrogens is 288 g/mol. The second-order valence-electron chi connectivity index (χ2n) is 6.03. The number of benzene rings is 1. The van der Waals surface area contributed by atoms with Crippen molar-refractivity contribution in [2.24, 2.45) is 7.05 Å². The third-order valence-corrected chi connectivity index (χ3v) is 4.09. The molecule has 2 heterocycles. The number of fused-ring (bicyclic) bond motifs is 1. The quantitative estimate of drug-likeness (QED) is 0.786. The molecule has 0 aliphatic heterocycles. The first-order valence-corrected chi connectivity index (χ1v) is 7.75. The van der Waals surface area contributed by atoms with E-state index in [0.29, 0.717) is 6.54 Å². The molecule has 0 spiro atoms. The summed E-state index contributed by atoms with van der Waals surface area (Å²) in [7, 11) is 3.98. The molecule has 3 aromatic rings. The number of aromatic nitrogens is 3. The highest BCUT2D eigenvalue weighted by molar-refractivity contribution is 5.85. The highest BCUT2D eigenvalue weighted by atomic mass is 16.3. The topological polar surface area (TPSA) is 54.2 Å². The molecule has 1 N–H and O–H groups in total. The van der Waals surface area contributed by atoms with Crippen LogP contribution < -0.4 is 0 Å². The summed E-state index contributed by atoms with van der Waals surface area (Å²) in [6.07, 6.45) is 3.63. The zero-order valence-electron chi connectivity index (χ0n) is 13.8. The maximum Gasteiger partial charge on any atom is 0.0948 e. The summed E-state index contributed by atoms with van der Waals surface area (Å²) < 4.78 is 1.98. The van der Waals surface area contributed by atoms with Gasteiger partial charge in [-0.05, 0) is 37.2 Å². The molecule has 23 heavy (non-hydrogen) atoms. The summed E-state index contributed by atoms with van der Waals surface area (Å²) in [5, 5.41) is 10.2. The Hall–Kier alpha value is -2.24. The van der Waals surface area contributed by atoms with E-state index in [0.717, 1.165) is 23.4 Å². The lowest BCUT2D eigenvalue weighted by Gasteiger charge is -2.15. The molecule has 5 nitrogen and oxygen atoms in total. The third kappa shape index (κ3) is 3.25. The molecule has 2 aromatic heterocycles. The zero-order chi connectivity index (χ0) is 16.4. The third-order valence-electron chi connectivity index (χ3n) is 4.09. The Balaban J connectivity index is 2.02. The fourth-order valence-electron chi connectivity index (χ4n) is 2.84. The van der Waals surface area contributed by atoms with E-state index in [4.69, 9.17) is 10.1 Å². The molecule has 0 unspecified atom stereocenters. The van der Waals surface area contributed by atoms with Crippen molar-refractivity contribution in [1.82, 2.24) is 19.4 Å². The Kier molecular flexibility index (Phi) is 4.41. The van der Waals surface area contributed by atoms with Crippen molar-refractivity contribution in [2.45, 2.75) is 13.5 Å². The van der Waals surface area contributed by atoms with Gasteiger partial charge in [0.1, 0.15) is 0 Å². The van der Waals surface area contributed by atoms with E-state index in [-0.39, 0.29) is 6.61 Å². The van der Waals surface area contributed by atoms with Crippen LogP contribution in [0.1, 0.15) is 11.1 Å². The van der Waals surface area contributed by atoms with E-state index in [1.54, 1.807) is 6.33 Å². The Morgan fingerprint density at radius 1 is 1.26 bits per heavy atom. The number of pyridine rings is 1. The van der Waals surface area contributed by atoms with Crippen molar-refractivity contribution in [3.05, 3.63) is 47.9 Å². The Morgan fingerprint density at radius 2 is 2.09 bits per heavy atom. The maximum absolute atomic E-state index is 9.03. The molecular formula is C18H22N4O. The smallest absolute Gasteiger partial charge is 0.0948 e. The van der Waals surface area contributed by atoms with Gasteiger partial charge in [-0.25, -0.2) is 9.97 Å².